The number of hydrogen-bond donors (Lipinski definition) is 1. The molecule has 1 N–H and O–H groups in total. The summed E-state index contributed by atoms with van der Waals surface area (Å²) in [7, 11) is 0. The maximum Gasteiger partial charge on any atom is 0.225 e. The first-order valence-electron chi connectivity index (χ1n) is 7.84. The Hall–Kier alpha value is -1.20. The van der Waals surface area contributed by atoms with Crippen LogP contribution in [0, 0.1) is 5.92 Å². The minimum Gasteiger partial charge on any atom is -0.338 e. The van der Waals surface area contributed by atoms with Crippen molar-refractivity contribution in [1.29, 1.82) is 0 Å². The quantitative estimate of drug-likeness (QED) is 0.843. The zero-order valence-electron chi connectivity index (χ0n) is 12.4. The van der Waals surface area contributed by atoms with Crippen molar-refractivity contribution in [3.05, 3.63) is 18.0 Å². The van der Waals surface area contributed by atoms with Gasteiger partial charge >= 0.3 is 0 Å². The van der Waals surface area contributed by atoms with Crippen molar-refractivity contribution in [2.75, 3.05) is 44.2 Å². The lowest BCUT2D eigenvalue weighted by Crippen LogP contribution is -2.47. The summed E-state index contributed by atoms with van der Waals surface area (Å²) >= 11 is 0. The van der Waals surface area contributed by atoms with Gasteiger partial charge in [0.25, 0.3) is 0 Å². The lowest BCUT2D eigenvalue weighted by Gasteiger charge is -2.34. The molecule has 5 heteroatoms. The first-order chi connectivity index (χ1) is 9.85. The predicted octanol–water partition coefficient (Wildman–Crippen LogP) is 1.12. The third-order valence-electron chi connectivity index (χ3n) is 4.14. The maximum atomic E-state index is 4.51. The fourth-order valence-electron chi connectivity index (χ4n) is 2.67. The smallest absolute Gasteiger partial charge is 0.225 e. The molecule has 20 heavy (non-hydrogen) atoms. The van der Waals surface area contributed by atoms with Crippen LogP contribution in [0.2, 0.25) is 0 Å². The van der Waals surface area contributed by atoms with Gasteiger partial charge in [-0.25, -0.2) is 9.97 Å². The standard InChI is InChI=1S/C15H25N5/c1-2-16-9-14-10-17-15(18-11-14)20-7-5-19(6-8-20)12-13-3-4-13/h10-11,13,16H,2-9,12H2,1H3. The molecule has 2 fully saturated rings. The molecule has 2 heterocycles. The number of hydrogen-bond acceptors (Lipinski definition) is 5. The van der Waals surface area contributed by atoms with Crippen molar-refractivity contribution in [3.63, 3.8) is 0 Å². The lowest BCUT2D eigenvalue weighted by atomic mass is 10.3. The molecule has 1 aromatic heterocycles. The second kappa shape index (κ2) is 6.50. The second-order valence-electron chi connectivity index (χ2n) is 5.90. The summed E-state index contributed by atoms with van der Waals surface area (Å²) in [6.45, 7) is 9.65. The highest BCUT2D eigenvalue weighted by Gasteiger charge is 2.26. The largest absolute Gasteiger partial charge is 0.338 e. The van der Waals surface area contributed by atoms with Gasteiger partial charge in [-0.1, -0.05) is 6.92 Å². The van der Waals surface area contributed by atoms with Gasteiger partial charge in [-0.2, -0.15) is 0 Å². The molecule has 0 aromatic carbocycles. The molecule has 3 rings (SSSR count). The van der Waals surface area contributed by atoms with Crippen LogP contribution >= 0.6 is 0 Å². The van der Waals surface area contributed by atoms with Crippen LogP contribution in [0.5, 0.6) is 0 Å². The monoisotopic (exact) mass is 275 g/mol. The van der Waals surface area contributed by atoms with Crippen molar-refractivity contribution in [1.82, 2.24) is 20.2 Å². The molecular weight excluding hydrogens is 250 g/mol. The van der Waals surface area contributed by atoms with Gasteiger partial charge < -0.3 is 10.2 Å². The van der Waals surface area contributed by atoms with Gasteiger partial charge in [0, 0.05) is 57.2 Å². The van der Waals surface area contributed by atoms with E-state index < -0.39 is 0 Å². The SMILES string of the molecule is CCNCc1cnc(N2CCN(CC3CC3)CC2)nc1. The third-order valence-corrected chi connectivity index (χ3v) is 4.14. The van der Waals surface area contributed by atoms with E-state index in [9.17, 15) is 0 Å². The van der Waals surface area contributed by atoms with Gasteiger partial charge in [-0.05, 0) is 25.3 Å². The maximum absolute atomic E-state index is 4.51. The molecule has 0 spiro atoms. The van der Waals surface area contributed by atoms with E-state index in [1.807, 2.05) is 12.4 Å². The highest BCUT2D eigenvalue weighted by Crippen LogP contribution is 2.30. The van der Waals surface area contributed by atoms with E-state index in [4.69, 9.17) is 0 Å². The fraction of sp³-hybridized carbons (Fsp3) is 0.733. The number of aromatic nitrogens is 2. The molecule has 0 radical (unpaired) electrons. The van der Waals surface area contributed by atoms with E-state index in [0.29, 0.717) is 0 Å². The first-order valence-corrected chi connectivity index (χ1v) is 7.84. The Balaban J connectivity index is 1.49. The van der Waals surface area contributed by atoms with Crippen LogP contribution in [-0.4, -0.2) is 54.1 Å². The fourth-order valence-corrected chi connectivity index (χ4v) is 2.67. The van der Waals surface area contributed by atoms with Crippen LogP contribution in [0.15, 0.2) is 12.4 Å². The number of nitrogens with one attached hydrogen (secondary N) is 1. The zero-order valence-corrected chi connectivity index (χ0v) is 12.4. The Kier molecular flexibility index (Phi) is 4.47. The minimum atomic E-state index is 0.853. The van der Waals surface area contributed by atoms with Gasteiger partial charge in [0.2, 0.25) is 5.95 Å². The average Bonchev–Trinajstić information content (AvgIpc) is 3.31. The van der Waals surface area contributed by atoms with Crippen molar-refractivity contribution < 1.29 is 0 Å². The molecule has 0 amide bonds. The Morgan fingerprint density at radius 3 is 2.45 bits per heavy atom. The van der Waals surface area contributed by atoms with Gasteiger partial charge in [-0.15, -0.1) is 0 Å². The molecule has 1 saturated carbocycles. The Bertz CT molecular complexity index is 407. The Labute approximate surface area is 121 Å². The molecule has 1 aliphatic heterocycles. The molecule has 1 saturated heterocycles. The zero-order chi connectivity index (χ0) is 13.8. The topological polar surface area (TPSA) is 44.3 Å². The van der Waals surface area contributed by atoms with E-state index in [-0.39, 0.29) is 0 Å². The van der Waals surface area contributed by atoms with Crippen LogP contribution in [-0.2, 0) is 6.54 Å². The van der Waals surface area contributed by atoms with E-state index in [0.717, 1.165) is 56.7 Å². The molecule has 1 aromatic rings. The molecule has 0 bridgehead atoms. The molecule has 2 aliphatic rings. The van der Waals surface area contributed by atoms with E-state index >= 15 is 0 Å². The lowest BCUT2D eigenvalue weighted by molar-refractivity contribution is 0.247. The Morgan fingerprint density at radius 2 is 1.85 bits per heavy atom. The summed E-state index contributed by atoms with van der Waals surface area (Å²) in [6.07, 6.45) is 6.77. The van der Waals surface area contributed by atoms with Gasteiger partial charge in [0.1, 0.15) is 0 Å². The highest BCUT2D eigenvalue weighted by atomic mass is 15.3. The van der Waals surface area contributed by atoms with Crippen LogP contribution in [0.3, 0.4) is 0 Å². The summed E-state index contributed by atoms with van der Waals surface area (Å²) in [4.78, 5) is 13.9. The molecule has 0 unspecified atom stereocenters. The highest BCUT2D eigenvalue weighted by molar-refractivity contribution is 5.30. The summed E-state index contributed by atoms with van der Waals surface area (Å²) in [6, 6.07) is 0. The third kappa shape index (κ3) is 3.67. The van der Waals surface area contributed by atoms with Crippen molar-refractivity contribution in [3.8, 4) is 0 Å². The number of nitrogens with zero attached hydrogens (tertiary/aromatic N) is 4. The second-order valence-corrected chi connectivity index (χ2v) is 5.90. The van der Waals surface area contributed by atoms with Gasteiger partial charge in [-0.3, -0.25) is 4.90 Å². The minimum absolute atomic E-state index is 0.853. The van der Waals surface area contributed by atoms with Gasteiger partial charge in [0.15, 0.2) is 0 Å². The normalized spacial score (nSPS) is 20.4. The van der Waals surface area contributed by atoms with Crippen LogP contribution in [0.25, 0.3) is 0 Å². The summed E-state index contributed by atoms with van der Waals surface area (Å²) < 4.78 is 0. The van der Waals surface area contributed by atoms with Gasteiger partial charge in [0.05, 0.1) is 0 Å². The molecule has 0 atom stereocenters. The van der Waals surface area contributed by atoms with Crippen molar-refractivity contribution in [2.45, 2.75) is 26.3 Å². The molecular formula is C15H25N5. The van der Waals surface area contributed by atoms with Crippen LogP contribution in [0.1, 0.15) is 25.3 Å². The summed E-state index contributed by atoms with van der Waals surface area (Å²) in [5.41, 5.74) is 1.16. The summed E-state index contributed by atoms with van der Waals surface area (Å²) in [5, 5.41) is 3.29. The molecule has 5 nitrogen and oxygen atoms in total. The van der Waals surface area contributed by atoms with Crippen molar-refractivity contribution in [2.24, 2.45) is 5.92 Å². The van der Waals surface area contributed by atoms with Crippen LogP contribution < -0.4 is 10.2 Å². The van der Waals surface area contributed by atoms with Crippen LogP contribution in [0.4, 0.5) is 5.95 Å². The van der Waals surface area contributed by atoms with E-state index in [1.165, 1.54) is 19.4 Å². The molecule has 1 aliphatic carbocycles. The number of piperazine rings is 1. The Morgan fingerprint density at radius 1 is 1.15 bits per heavy atom. The number of anilines is 1. The van der Waals surface area contributed by atoms with E-state index in [2.05, 4.69) is 32.0 Å². The molecule has 110 valence electrons. The first kappa shape index (κ1) is 13.8. The average molecular weight is 275 g/mol. The van der Waals surface area contributed by atoms with Crippen molar-refractivity contribution >= 4 is 5.95 Å². The summed E-state index contributed by atoms with van der Waals surface area (Å²) in [5.74, 6) is 1.87. The van der Waals surface area contributed by atoms with E-state index in [1.54, 1.807) is 0 Å². The predicted molar refractivity (Wildman–Crippen MR) is 80.8 cm³/mol. The number of rotatable bonds is 6.